The normalized spacial score (nSPS) is 16.0. The van der Waals surface area contributed by atoms with Gasteiger partial charge in [-0.15, -0.1) is 5.10 Å². The molecule has 3 rings (SSSR count). The van der Waals surface area contributed by atoms with E-state index in [0.717, 1.165) is 30.4 Å². The van der Waals surface area contributed by atoms with Crippen LogP contribution in [0.15, 0.2) is 30.7 Å². The van der Waals surface area contributed by atoms with Gasteiger partial charge in [-0.3, -0.25) is 4.98 Å². The average molecular weight is 284 g/mol. The third-order valence-corrected chi connectivity index (χ3v) is 3.85. The Hall–Kier alpha value is -2.24. The smallest absolute Gasteiger partial charge is 0.244 e. The van der Waals surface area contributed by atoms with Crippen LogP contribution in [-0.2, 0) is 6.54 Å². The Bertz CT molecular complexity index is 565. The molecule has 2 aromatic heterocycles. The monoisotopic (exact) mass is 284 g/mol. The minimum absolute atomic E-state index is 0.572. The Kier molecular flexibility index (Phi) is 4.23. The summed E-state index contributed by atoms with van der Waals surface area (Å²) < 4.78 is 0. The molecule has 2 aromatic rings. The first-order chi connectivity index (χ1) is 10.3. The maximum atomic E-state index is 4.56. The van der Waals surface area contributed by atoms with Crippen molar-refractivity contribution in [3.63, 3.8) is 0 Å². The van der Waals surface area contributed by atoms with Crippen LogP contribution in [0.2, 0.25) is 0 Å². The third kappa shape index (κ3) is 3.65. The zero-order valence-corrected chi connectivity index (χ0v) is 12.2. The van der Waals surface area contributed by atoms with Crippen molar-refractivity contribution in [2.75, 3.05) is 23.3 Å². The fraction of sp³-hybridized carbons (Fsp3) is 0.467. The van der Waals surface area contributed by atoms with Crippen LogP contribution < -0.4 is 10.2 Å². The molecule has 1 aliphatic heterocycles. The first-order valence-electron chi connectivity index (χ1n) is 7.39. The molecule has 0 aromatic carbocycles. The van der Waals surface area contributed by atoms with Gasteiger partial charge in [0.15, 0.2) is 5.82 Å². The molecule has 21 heavy (non-hydrogen) atoms. The van der Waals surface area contributed by atoms with Gasteiger partial charge in [-0.2, -0.15) is 10.1 Å². The average Bonchev–Trinajstić information content (AvgIpc) is 2.55. The van der Waals surface area contributed by atoms with Crippen LogP contribution in [0.25, 0.3) is 0 Å². The number of hydrogen-bond acceptors (Lipinski definition) is 6. The van der Waals surface area contributed by atoms with Crippen molar-refractivity contribution in [3.05, 3.63) is 36.3 Å². The van der Waals surface area contributed by atoms with E-state index in [4.69, 9.17) is 0 Å². The molecule has 1 fully saturated rings. The van der Waals surface area contributed by atoms with Crippen molar-refractivity contribution in [1.82, 2.24) is 20.2 Å². The number of aromatic nitrogens is 4. The van der Waals surface area contributed by atoms with Gasteiger partial charge in [0.1, 0.15) is 0 Å². The highest BCUT2D eigenvalue weighted by Gasteiger charge is 2.17. The second-order valence-electron chi connectivity index (χ2n) is 5.52. The summed E-state index contributed by atoms with van der Waals surface area (Å²) in [7, 11) is 0. The molecule has 0 atom stereocenters. The van der Waals surface area contributed by atoms with E-state index in [1.807, 2.05) is 12.1 Å². The lowest BCUT2D eigenvalue weighted by molar-refractivity contribution is 0.436. The third-order valence-electron chi connectivity index (χ3n) is 3.85. The molecular weight excluding hydrogens is 264 g/mol. The van der Waals surface area contributed by atoms with Gasteiger partial charge in [-0.1, -0.05) is 6.92 Å². The summed E-state index contributed by atoms with van der Waals surface area (Å²) in [6, 6.07) is 3.94. The molecule has 0 saturated carbocycles. The van der Waals surface area contributed by atoms with Crippen LogP contribution in [-0.4, -0.2) is 33.3 Å². The maximum absolute atomic E-state index is 4.56. The van der Waals surface area contributed by atoms with Gasteiger partial charge in [0.25, 0.3) is 0 Å². The van der Waals surface area contributed by atoms with E-state index in [-0.39, 0.29) is 0 Å². The minimum atomic E-state index is 0.572. The van der Waals surface area contributed by atoms with Crippen LogP contribution in [0, 0.1) is 5.92 Å². The molecule has 1 saturated heterocycles. The highest BCUT2D eigenvalue weighted by Crippen LogP contribution is 2.21. The van der Waals surface area contributed by atoms with Crippen molar-refractivity contribution >= 4 is 11.8 Å². The summed E-state index contributed by atoms with van der Waals surface area (Å²) in [5, 5.41) is 11.3. The number of nitrogens with one attached hydrogen (secondary N) is 1. The molecule has 0 bridgehead atoms. The maximum Gasteiger partial charge on any atom is 0.244 e. The zero-order chi connectivity index (χ0) is 14.5. The Morgan fingerprint density at radius 1 is 1.24 bits per heavy atom. The highest BCUT2D eigenvalue weighted by atomic mass is 15.3. The second-order valence-corrected chi connectivity index (χ2v) is 5.52. The lowest BCUT2D eigenvalue weighted by Crippen LogP contribution is -2.33. The number of piperidine rings is 1. The quantitative estimate of drug-likeness (QED) is 0.927. The SMILES string of the molecule is CC1CCN(c2cnnc(NCc3ccncc3)n2)CC1. The van der Waals surface area contributed by atoms with Crippen molar-refractivity contribution in [2.24, 2.45) is 5.92 Å². The van der Waals surface area contributed by atoms with E-state index in [0.29, 0.717) is 12.5 Å². The van der Waals surface area contributed by atoms with Gasteiger partial charge in [-0.25, -0.2) is 0 Å². The predicted octanol–water partition coefficient (Wildman–Crippen LogP) is 2.11. The first-order valence-corrected chi connectivity index (χ1v) is 7.39. The van der Waals surface area contributed by atoms with Gasteiger partial charge in [0.05, 0.1) is 6.20 Å². The molecule has 0 aliphatic carbocycles. The fourth-order valence-corrected chi connectivity index (χ4v) is 2.44. The van der Waals surface area contributed by atoms with Gasteiger partial charge in [0, 0.05) is 32.0 Å². The van der Waals surface area contributed by atoms with E-state index >= 15 is 0 Å². The van der Waals surface area contributed by atoms with Crippen LogP contribution in [0.5, 0.6) is 0 Å². The molecule has 0 radical (unpaired) electrons. The zero-order valence-electron chi connectivity index (χ0n) is 12.2. The molecule has 3 heterocycles. The Morgan fingerprint density at radius 2 is 2.00 bits per heavy atom. The standard InChI is InChI=1S/C15H20N6/c1-12-4-8-21(9-5-12)14-11-18-20-15(19-14)17-10-13-2-6-16-7-3-13/h2-3,6-7,11-12H,4-5,8-10H2,1H3,(H,17,19,20). The minimum Gasteiger partial charge on any atom is -0.355 e. The molecule has 0 unspecified atom stereocenters. The van der Waals surface area contributed by atoms with E-state index in [1.165, 1.54) is 12.8 Å². The number of anilines is 2. The Balaban J connectivity index is 1.63. The molecular formula is C15H20N6. The van der Waals surface area contributed by atoms with E-state index in [2.05, 4.69) is 37.3 Å². The van der Waals surface area contributed by atoms with Crippen LogP contribution >= 0.6 is 0 Å². The molecule has 1 N–H and O–H groups in total. The number of pyridine rings is 1. The summed E-state index contributed by atoms with van der Waals surface area (Å²) in [5.41, 5.74) is 1.14. The van der Waals surface area contributed by atoms with E-state index in [9.17, 15) is 0 Å². The first kappa shape index (κ1) is 13.7. The van der Waals surface area contributed by atoms with Crippen LogP contribution in [0.3, 0.4) is 0 Å². The van der Waals surface area contributed by atoms with Gasteiger partial charge < -0.3 is 10.2 Å². The molecule has 1 aliphatic rings. The predicted molar refractivity (Wildman–Crippen MR) is 82.0 cm³/mol. The van der Waals surface area contributed by atoms with E-state index in [1.54, 1.807) is 18.6 Å². The molecule has 6 heteroatoms. The van der Waals surface area contributed by atoms with Gasteiger partial charge in [-0.05, 0) is 36.5 Å². The second kappa shape index (κ2) is 6.47. The summed E-state index contributed by atoms with van der Waals surface area (Å²) in [5.74, 6) is 2.29. The topological polar surface area (TPSA) is 66.8 Å². The van der Waals surface area contributed by atoms with Gasteiger partial charge >= 0.3 is 0 Å². The summed E-state index contributed by atoms with van der Waals surface area (Å²) in [6.07, 6.45) is 7.73. The summed E-state index contributed by atoms with van der Waals surface area (Å²) >= 11 is 0. The molecule has 110 valence electrons. The van der Waals surface area contributed by atoms with Crippen molar-refractivity contribution < 1.29 is 0 Å². The largest absolute Gasteiger partial charge is 0.355 e. The number of nitrogens with zero attached hydrogens (tertiary/aromatic N) is 5. The number of hydrogen-bond donors (Lipinski definition) is 1. The molecule has 6 nitrogen and oxygen atoms in total. The van der Waals surface area contributed by atoms with Crippen LogP contribution in [0.4, 0.5) is 11.8 Å². The van der Waals surface area contributed by atoms with E-state index < -0.39 is 0 Å². The lowest BCUT2D eigenvalue weighted by Gasteiger charge is -2.30. The van der Waals surface area contributed by atoms with Gasteiger partial charge in [0.2, 0.25) is 5.95 Å². The summed E-state index contributed by atoms with van der Waals surface area (Å²) in [4.78, 5) is 10.8. The molecule has 0 spiro atoms. The van der Waals surface area contributed by atoms with Crippen molar-refractivity contribution in [1.29, 1.82) is 0 Å². The Morgan fingerprint density at radius 3 is 2.76 bits per heavy atom. The van der Waals surface area contributed by atoms with Crippen molar-refractivity contribution in [3.8, 4) is 0 Å². The number of rotatable bonds is 4. The molecule has 0 amide bonds. The fourth-order valence-electron chi connectivity index (χ4n) is 2.44. The highest BCUT2D eigenvalue weighted by molar-refractivity contribution is 5.40. The summed E-state index contributed by atoms with van der Waals surface area (Å²) in [6.45, 7) is 5.06. The lowest BCUT2D eigenvalue weighted by atomic mass is 9.99. The van der Waals surface area contributed by atoms with Crippen molar-refractivity contribution in [2.45, 2.75) is 26.3 Å². The Labute approximate surface area is 124 Å². The van der Waals surface area contributed by atoms with Crippen LogP contribution in [0.1, 0.15) is 25.3 Å².